The molecule has 1 aliphatic rings. The van der Waals surface area contributed by atoms with Gasteiger partial charge < -0.3 is 15.0 Å². The van der Waals surface area contributed by atoms with Crippen molar-refractivity contribution in [1.82, 2.24) is 10.3 Å². The Kier molecular flexibility index (Phi) is 5.69. The molecular weight excluding hydrogens is 370 g/mol. The molecule has 1 saturated heterocycles. The molecule has 0 saturated carbocycles. The summed E-state index contributed by atoms with van der Waals surface area (Å²) in [7, 11) is 0. The zero-order valence-electron chi connectivity index (χ0n) is 15.8. The number of aryl methyl sites for hydroxylation is 1. The average Bonchev–Trinajstić information content (AvgIpc) is 3.28. The Morgan fingerprint density at radius 1 is 1.14 bits per heavy atom. The van der Waals surface area contributed by atoms with Crippen LogP contribution < -0.4 is 10.2 Å². The van der Waals surface area contributed by atoms with E-state index in [1.807, 2.05) is 23.6 Å². The van der Waals surface area contributed by atoms with Crippen LogP contribution in [0.25, 0.3) is 0 Å². The second kappa shape index (κ2) is 8.54. The number of hydrogen-bond donors (Lipinski definition) is 1. The van der Waals surface area contributed by atoms with Gasteiger partial charge in [-0.2, -0.15) is 0 Å². The van der Waals surface area contributed by atoms with Gasteiger partial charge in [0.1, 0.15) is 5.82 Å². The van der Waals surface area contributed by atoms with Crippen LogP contribution in [0.2, 0.25) is 0 Å². The number of hydrogen-bond acceptors (Lipinski definition) is 5. The van der Waals surface area contributed by atoms with Crippen molar-refractivity contribution in [2.75, 3.05) is 31.2 Å². The molecule has 5 nitrogen and oxygen atoms in total. The van der Waals surface area contributed by atoms with E-state index in [2.05, 4.69) is 52.5 Å². The SMILES string of the molecule is Cc1ccc(C(NC(=O)c2ccc(N3CCOCC3)nc2)c2cccs2)cc1. The van der Waals surface area contributed by atoms with Crippen LogP contribution in [0.1, 0.15) is 32.4 Å². The molecule has 1 fully saturated rings. The van der Waals surface area contributed by atoms with Crippen LogP contribution in [0.4, 0.5) is 5.82 Å². The number of nitrogens with zero attached hydrogens (tertiary/aromatic N) is 2. The highest BCUT2D eigenvalue weighted by molar-refractivity contribution is 7.10. The van der Waals surface area contributed by atoms with Crippen molar-refractivity contribution in [1.29, 1.82) is 0 Å². The van der Waals surface area contributed by atoms with Crippen LogP contribution in [-0.4, -0.2) is 37.2 Å². The van der Waals surface area contributed by atoms with Crippen molar-refractivity contribution in [3.05, 3.63) is 81.7 Å². The van der Waals surface area contributed by atoms with Gasteiger partial charge in [0.25, 0.3) is 5.91 Å². The molecule has 1 amide bonds. The van der Waals surface area contributed by atoms with Gasteiger partial charge in [-0.05, 0) is 36.1 Å². The zero-order chi connectivity index (χ0) is 19.3. The maximum Gasteiger partial charge on any atom is 0.253 e. The van der Waals surface area contributed by atoms with Gasteiger partial charge in [-0.3, -0.25) is 4.79 Å². The molecule has 144 valence electrons. The third-order valence-corrected chi connectivity index (χ3v) is 5.80. The Hall–Kier alpha value is -2.70. The van der Waals surface area contributed by atoms with Gasteiger partial charge in [-0.25, -0.2) is 4.98 Å². The number of anilines is 1. The van der Waals surface area contributed by atoms with Crippen molar-refractivity contribution in [2.24, 2.45) is 0 Å². The minimum Gasteiger partial charge on any atom is -0.378 e. The van der Waals surface area contributed by atoms with E-state index < -0.39 is 0 Å². The summed E-state index contributed by atoms with van der Waals surface area (Å²) in [4.78, 5) is 20.7. The number of nitrogens with one attached hydrogen (secondary N) is 1. The van der Waals surface area contributed by atoms with Crippen molar-refractivity contribution in [2.45, 2.75) is 13.0 Å². The molecular formula is C22H23N3O2S. The Morgan fingerprint density at radius 2 is 1.93 bits per heavy atom. The monoisotopic (exact) mass is 393 g/mol. The lowest BCUT2D eigenvalue weighted by atomic mass is 10.0. The molecule has 1 aromatic carbocycles. The Balaban J connectivity index is 1.52. The van der Waals surface area contributed by atoms with E-state index in [1.54, 1.807) is 17.5 Å². The Morgan fingerprint density at radius 3 is 2.57 bits per heavy atom. The molecule has 0 aliphatic carbocycles. The van der Waals surface area contributed by atoms with Crippen LogP contribution in [0.15, 0.2) is 60.1 Å². The maximum atomic E-state index is 12.9. The smallest absolute Gasteiger partial charge is 0.253 e. The van der Waals surface area contributed by atoms with E-state index >= 15 is 0 Å². The second-order valence-electron chi connectivity index (χ2n) is 6.84. The summed E-state index contributed by atoms with van der Waals surface area (Å²) in [6, 6.07) is 15.9. The third kappa shape index (κ3) is 4.24. The maximum absolute atomic E-state index is 12.9. The van der Waals surface area contributed by atoms with Crippen molar-refractivity contribution >= 4 is 23.1 Å². The molecule has 3 heterocycles. The minimum absolute atomic E-state index is 0.125. The largest absolute Gasteiger partial charge is 0.378 e. The van der Waals surface area contributed by atoms with Gasteiger partial charge in [-0.15, -0.1) is 11.3 Å². The van der Waals surface area contributed by atoms with Crippen LogP contribution >= 0.6 is 11.3 Å². The molecule has 0 spiro atoms. The van der Waals surface area contributed by atoms with Crippen molar-refractivity contribution < 1.29 is 9.53 Å². The number of pyridine rings is 1. The summed E-state index contributed by atoms with van der Waals surface area (Å²) >= 11 is 1.64. The molecule has 0 bridgehead atoms. The number of aromatic nitrogens is 1. The van der Waals surface area contributed by atoms with Gasteiger partial charge in [0.2, 0.25) is 0 Å². The lowest BCUT2D eigenvalue weighted by molar-refractivity contribution is 0.0943. The Labute approximate surface area is 169 Å². The molecule has 3 aromatic rings. The first-order valence-electron chi connectivity index (χ1n) is 9.40. The summed E-state index contributed by atoms with van der Waals surface area (Å²) < 4.78 is 5.38. The predicted octanol–water partition coefficient (Wildman–Crippen LogP) is 3.81. The molecule has 4 rings (SSSR count). The van der Waals surface area contributed by atoms with Crippen LogP contribution in [0.3, 0.4) is 0 Å². The van der Waals surface area contributed by atoms with E-state index in [0.717, 1.165) is 29.3 Å². The lowest BCUT2D eigenvalue weighted by Gasteiger charge is -2.27. The van der Waals surface area contributed by atoms with Crippen molar-refractivity contribution in [3.8, 4) is 0 Å². The normalized spacial score (nSPS) is 15.2. The number of carbonyl (C=O) groups is 1. The first kappa shape index (κ1) is 18.7. The molecule has 2 aromatic heterocycles. The van der Waals surface area contributed by atoms with Crippen LogP contribution in [0.5, 0.6) is 0 Å². The third-order valence-electron chi connectivity index (χ3n) is 4.86. The highest BCUT2D eigenvalue weighted by atomic mass is 32.1. The number of benzene rings is 1. The van der Waals surface area contributed by atoms with Crippen molar-refractivity contribution in [3.63, 3.8) is 0 Å². The zero-order valence-corrected chi connectivity index (χ0v) is 16.6. The summed E-state index contributed by atoms with van der Waals surface area (Å²) in [6.07, 6.45) is 1.65. The first-order valence-corrected chi connectivity index (χ1v) is 10.3. The fourth-order valence-corrected chi connectivity index (χ4v) is 4.05. The summed E-state index contributed by atoms with van der Waals surface area (Å²) in [5, 5.41) is 5.20. The molecule has 1 atom stereocenters. The highest BCUT2D eigenvalue weighted by Gasteiger charge is 2.19. The quantitative estimate of drug-likeness (QED) is 0.716. The standard InChI is InChI=1S/C22H23N3O2S/c1-16-4-6-17(7-5-16)21(19-3-2-14-28-19)24-22(26)18-8-9-20(23-15-18)25-10-12-27-13-11-25/h2-9,14-15,21H,10-13H2,1H3,(H,24,26). The van der Waals surface area contributed by atoms with E-state index in [1.165, 1.54) is 5.56 Å². The summed E-state index contributed by atoms with van der Waals surface area (Å²) in [6.45, 7) is 5.13. The number of carbonyl (C=O) groups excluding carboxylic acids is 1. The molecule has 1 aliphatic heterocycles. The van der Waals surface area contributed by atoms with E-state index in [0.29, 0.717) is 18.8 Å². The minimum atomic E-state index is -0.174. The average molecular weight is 394 g/mol. The fourth-order valence-electron chi connectivity index (χ4n) is 3.25. The number of ether oxygens (including phenoxy) is 1. The fraction of sp³-hybridized carbons (Fsp3) is 0.273. The molecule has 1 N–H and O–H groups in total. The first-order chi connectivity index (χ1) is 13.7. The molecule has 6 heteroatoms. The second-order valence-corrected chi connectivity index (χ2v) is 7.82. The topological polar surface area (TPSA) is 54.5 Å². The molecule has 28 heavy (non-hydrogen) atoms. The number of rotatable bonds is 5. The summed E-state index contributed by atoms with van der Waals surface area (Å²) in [5.74, 6) is 0.758. The van der Waals surface area contributed by atoms with E-state index in [9.17, 15) is 4.79 Å². The number of morpholine rings is 1. The van der Waals surface area contributed by atoms with E-state index in [4.69, 9.17) is 4.74 Å². The Bertz CT molecular complexity index is 902. The van der Waals surface area contributed by atoms with Gasteiger partial charge in [0.05, 0.1) is 24.8 Å². The molecule has 1 unspecified atom stereocenters. The number of amides is 1. The molecule has 0 radical (unpaired) electrons. The van der Waals surface area contributed by atoms with E-state index in [-0.39, 0.29) is 11.9 Å². The van der Waals surface area contributed by atoms with Gasteiger partial charge in [0, 0.05) is 24.2 Å². The van der Waals surface area contributed by atoms with Crippen LogP contribution in [0, 0.1) is 6.92 Å². The lowest BCUT2D eigenvalue weighted by Crippen LogP contribution is -2.36. The highest BCUT2D eigenvalue weighted by Crippen LogP contribution is 2.27. The predicted molar refractivity (Wildman–Crippen MR) is 112 cm³/mol. The van der Waals surface area contributed by atoms with Gasteiger partial charge >= 0.3 is 0 Å². The van der Waals surface area contributed by atoms with Gasteiger partial charge in [0.15, 0.2) is 0 Å². The number of thiophene rings is 1. The van der Waals surface area contributed by atoms with Crippen LogP contribution in [-0.2, 0) is 4.74 Å². The summed E-state index contributed by atoms with van der Waals surface area (Å²) in [5.41, 5.74) is 2.83. The van der Waals surface area contributed by atoms with Gasteiger partial charge in [-0.1, -0.05) is 35.9 Å².